The van der Waals surface area contributed by atoms with Crippen molar-refractivity contribution in [3.63, 3.8) is 0 Å². The summed E-state index contributed by atoms with van der Waals surface area (Å²) in [6.07, 6.45) is 4.39. The Hall–Kier alpha value is -1.56. The van der Waals surface area contributed by atoms with Gasteiger partial charge in [0.15, 0.2) is 0 Å². The second-order valence-electron chi connectivity index (χ2n) is 4.94. The van der Waals surface area contributed by atoms with E-state index < -0.39 is 16.1 Å². The minimum absolute atomic E-state index is 0.0124. The van der Waals surface area contributed by atoms with Crippen molar-refractivity contribution in [3.8, 4) is 0 Å². The third-order valence-electron chi connectivity index (χ3n) is 3.26. The zero-order chi connectivity index (χ0) is 15.7. The van der Waals surface area contributed by atoms with Crippen LogP contribution < -0.4 is 0 Å². The highest BCUT2D eigenvalue weighted by Gasteiger charge is 2.28. The first-order valence-electron chi connectivity index (χ1n) is 7.31. The monoisotopic (exact) mass is 313 g/mol. The highest BCUT2D eigenvalue weighted by molar-refractivity contribution is 7.89. The fourth-order valence-corrected chi connectivity index (χ4v) is 3.40. The van der Waals surface area contributed by atoms with E-state index in [-0.39, 0.29) is 11.4 Å². The van der Waals surface area contributed by atoms with Crippen molar-refractivity contribution >= 4 is 16.1 Å². The molecule has 21 heavy (non-hydrogen) atoms. The van der Waals surface area contributed by atoms with Gasteiger partial charge in [-0.05, 0) is 18.6 Å². The van der Waals surface area contributed by atoms with Crippen molar-refractivity contribution in [3.05, 3.63) is 30.3 Å². The fourth-order valence-electron chi connectivity index (χ4n) is 2.07. The number of carbonyl (C=O) groups is 1. The first-order chi connectivity index (χ1) is 10.00. The molecule has 0 saturated heterocycles. The molecule has 0 aromatic heterocycles. The van der Waals surface area contributed by atoms with Gasteiger partial charge >= 0.3 is 6.09 Å². The Labute approximate surface area is 126 Å². The Bertz CT molecular complexity index is 528. The maximum Gasteiger partial charge on any atom is 0.421 e. The van der Waals surface area contributed by atoms with Gasteiger partial charge in [-0.3, -0.25) is 0 Å². The van der Waals surface area contributed by atoms with Crippen LogP contribution in [0.25, 0.3) is 0 Å². The highest BCUT2D eigenvalue weighted by atomic mass is 32.2. The van der Waals surface area contributed by atoms with Gasteiger partial charge in [0.25, 0.3) is 10.0 Å². The molecule has 6 heteroatoms. The summed E-state index contributed by atoms with van der Waals surface area (Å²) in [6.45, 7) is 2.14. The third-order valence-corrected chi connectivity index (χ3v) is 5.05. The molecule has 0 saturated carbocycles. The summed E-state index contributed by atoms with van der Waals surface area (Å²) in [5, 5.41) is 9.16. The lowest BCUT2D eigenvalue weighted by Gasteiger charge is -2.19. The van der Waals surface area contributed by atoms with Gasteiger partial charge in [0, 0.05) is 6.54 Å². The van der Waals surface area contributed by atoms with Gasteiger partial charge in [-0.2, -0.15) is 0 Å². The van der Waals surface area contributed by atoms with Crippen LogP contribution in [-0.4, -0.2) is 30.5 Å². The van der Waals surface area contributed by atoms with Gasteiger partial charge in [-0.1, -0.05) is 57.2 Å². The van der Waals surface area contributed by atoms with Crippen LogP contribution in [0, 0.1) is 0 Å². The minimum Gasteiger partial charge on any atom is -0.464 e. The molecule has 0 bridgehead atoms. The van der Waals surface area contributed by atoms with Crippen molar-refractivity contribution in [1.29, 1.82) is 0 Å². The molecule has 5 nitrogen and oxygen atoms in total. The van der Waals surface area contributed by atoms with E-state index in [2.05, 4.69) is 6.92 Å². The summed E-state index contributed by atoms with van der Waals surface area (Å²) >= 11 is 0. The largest absolute Gasteiger partial charge is 0.464 e. The lowest BCUT2D eigenvalue weighted by Crippen LogP contribution is -2.36. The summed E-state index contributed by atoms with van der Waals surface area (Å²) in [7, 11) is -3.96. The Morgan fingerprint density at radius 2 is 1.62 bits per heavy atom. The van der Waals surface area contributed by atoms with Crippen LogP contribution in [0.2, 0.25) is 0 Å². The number of hydrogen-bond acceptors (Lipinski definition) is 3. The van der Waals surface area contributed by atoms with Crippen LogP contribution in [0.5, 0.6) is 0 Å². The molecule has 0 aliphatic carbocycles. The van der Waals surface area contributed by atoms with Gasteiger partial charge in [0.2, 0.25) is 0 Å². The van der Waals surface area contributed by atoms with E-state index in [9.17, 15) is 13.2 Å². The second kappa shape index (κ2) is 8.67. The number of hydrogen-bond donors (Lipinski definition) is 1. The van der Waals surface area contributed by atoms with Gasteiger partial charge in [-0.15, -0.1) is 0 Å². The van der Waals surface area contributed by atoms with Crippen molar-refractivity contribution in [2.45, 2.75) is 50.3 Å². The zero-order valence-corrected chi connectivity index (χ0v) is 13.2. The van der Waals surface area contributed by atoms with Gasteiger partial charge in [-0.25, -0.2) is 17.5 Å². The predicted molar refractivity (Wildman–Crippen MR) is 81.7 cm³/mol. The summed E-state index contributed by atoms with van der Waals surface area (Å²) in [4.78, 5) is 11.2. The summed E-state index contributed by atoms with van der Waals surface area (Å²) in [5.41, 5.74) is 0. The summed E-state index contributed by atoms with van der Waals surface area (Å²) in [6, 6.07) is 7.67. The van der Waals surface area contributed by atoms with E-state index >= 15 is 0 Å². The maximum absolute atomic E-state index is 12.3. The number of amides is 1. The molecule has 1 rings (SSSR count). The second-order valence-corrected chi connectivity index (χ2v) is 6.80. The molecule has 0 unspecified atom stereocenters. The smallest absolute Gasteiger partial charge is 0.421 e. The van der Waals surface area contributed by atoms with Gasteiger partial charge in [0.1, 0.15) is 0 Å². The molecular formula is C15H23NO4S. The molecule has 1 amide bonds. The van der Waals surface area contributed by atoms with Crippen molar-refractivity contribution < 1.29 is 18.3 Å². The van der Waals surface area contributed by atoms with Crippen LogP contribution in [-0.2, 0) is 10.0 Å². The Morgan fingerprint density at radius 3 is 2.19 bits per heavy atom. The summed E-state index contributed by atoms with van der Waals surface area (Å²) < 4.78 is 25.1. The molecule has 0 radical (unpaired) electrons. The third kappa shape index (κ3) is 5.38. The van der Waals surface area contributed by atoms with E-state index in [4.69, 9.17) is 5.11 Å². The van der Waals surface area contributed by atoms with E-state index in [0.717, 1.165) is 32.1 Å². The van der Waals surface area contributed by atoms with E-state index in [0.29, 0.717) is 10.7 Å². The van der Waals surface area contributed by atoms with E-state index in [1.165, 1.54) is 12.1 Å². The Kier molecular flexibility index (Phi) is 7.22. The molecule has 0 spiro atoms. The number of carboxylic acid groups (broad SMARTS) is 1. The molecule has 1 aromatic rings. The molecule has 0 atom stereocenters. The fraction of sp³-hybridized carbons (Fsp3) is 0.533. The van der Waals surface area contributed by atoms with E-state index in [1.807, 2.05) is 0 Å². The molecular weight excluding hydrogens is 290 g/mol. The molecule has 1 aromatic carbocycles. The Morgan fingerprint density at radius 1 is 1.05 bits per heavy atom. The molecule has 0 aliphatic heterocycles. The molecule has 0 heterocycles. The van der Waals surface area contributed by atoms with Crippen molar-refractivity contribution in [1.82, 2.24) is 4.31 Å². The molecule has 0 aliphatic rings. The van der Waals surface area contributed by atoms with Crippen LogP contribution in [0.15, 0.2) is 35.2 Å². The van der Waals surface area contributed by atoms with Crippen LogP contribution in [0.3, 0.4) is 0 Å². The zero-order valence-electron chi connectivity index (χ0n) is 12.4. The maximum atomic E-state index is 12.3. The quantitative estimate of drug-likeness (QED) is 0.705. The first-order valence-corrected chi connectivity index (χ1v) is 8.75. The predicted octanol–water partition coefficient (Wildman–Crippen LogP) is 3.72. The van der Waals surface area contributed by atoms with Crippen LogP contribution in [0.4, 0.5) is 4.79 Å². The number of rotatable bonds is 9. The average Bonchev–Trinajstić information content (AvgIpc) is 2.46. The number of nitrogens with zero attached hydrogens (tertiary/aromatic N) is 1. The molecule has 0 fully saturated rings. The van der Waals surface area contributed by atoms with E-state index in [1.54, 1.807) is 18.2 Å². The molecule has 118 valence electrons. The van der Waals surface area contributed by atoms with Crippen LogP contribution >= 0.6 is 0 Å². The topological polar surface area (TPSA) is 74.7 Å². The van der Waals surface area contributed by atoms with Crippen LogP contribution in [0.1, 0.15) is 45.4 Å². The lowest BCUT2D eigenvalue weighted by molar-refractivity contribution is 0.171. The lowest BCUT2D eigenvalue weighted by atomic mass is 10.1. The van der Waals surface area contributed by atoms with Crippen molar-refractivity contribution in [2.75, 3.05) is 6.54 Å². The van der Waals surface area contributed by atoms with Gasteiger partial charge < -0.3 is 5.11 Å². The van der Waals surface area contributed by atoms with Crippen molar-refractivity contribution in [2.24, 2.45) is 0 Å². The number of sulfonamides is 1. The molecule has 1 N–H and O–H groups in total. The highest BCUT2D eigenvalue weighted by Crippen LogP contribution is 2.16. The standard InChI is InChI=1S/C15H23NO4S/c1-2-3-4-5-6-10-13-16(15(17)18)21(19,20)14-11-8-7-9-12-14/h7-9,11-12H,2-6,10,13H2,1H3,(H,17,18). The van der Waals surface area contributed by atoms with Gasteiger partial charge in [0.05, 0.1) is 4.90 Å². The summed E-state index contributed by atoms with van der Waals surface area (Å²) in [5.74, 6) is 0. The normalized spacial score (nSPS) is 11.3. The minimum atomic E-state index is -3.96. The SMILES string of the molecule is CCCCCCCCN(C(=O)O)S(=O)(=O)c1ccccc1. The number of unbranched alkanes of at least 4 members (excludes halogenated alkanes) is 5. The number of benzene rings is 1. The first kappa shape index (κ1) is 17.5. The average molecular weight is 313 g/mol. The Balaban J connectivity index is 2.63.